The molecule has 0 bridgehead atoms. The van der Waals surface area contributed by atoms with Gasteiger partial charge in [0.15, 0.2) is 0 Å². The Labute approximate surface area is 65.6 Å². The molecule has 2 N–H and O–H groups in total. The van der Waals surface area contributed by atoms with Crippen molar-refractivity contribution in [3.8, 4) is 5.88 Å². The summed E-state index contributed by atoms with van der Waals surface area (Å²) >= 11 is 0. The molecule has 0 radical (unpaired) electrons. The Morgan fingerprint density at radius 1 is 1.33 bits per heavy atom. The molecule has 12 heavy (non-hydrogen) atoms. The number of hydrogen-bond acceptors (Lipinski definition) is 2. The predicted octanol–water partition coefficient (Wildman–Crippen LogP) is 1.55. The van der Waals surface area contributed by atoms with Crippen molar-refractivity contribution in [2.24, 2.45) is 0 Å². The van der Waals surface area contributed by atoms with E-state index in [4.69, 9.17) is 5.11 Å². The van der Waals surface area contributed by atoms with Crippen molar-refractivity contribution in [1.82, 2.24) is 10.2 Å². The summed E-state index contributed by atoms with van der Waals surface area (Å²) in [5, 5.41) is 14.5. The van der Waals surface area contributed by atoms with E-state index in [0.29, 0.717) is 6.07 Å². The standard InChI is InChI=1S/C7H4F2N2O/c8-3-1-4(9)6-5(2-3)10-11-7(6)12/h1-2H,(H2,10,11,12). The zero-order chi connectivity index (χ0) is 8.72. The van der Waals surface area contributed by atoms with E-state index in [0.717, 1.165) is 6.07 Å². The number of aromatic amines is 1. The highest BCUT2D eigenvalue weighted by atomic mass is 19.1. The van der Waals surface area contributed by atoms with Crippen LogP contribution < -0.4 is 0 Å². The summed E-state index contributed by atoms with van der Waals surface area (Å²) in [5.74, 6) is -1.98. The third-order valence-corrected chi connectivity index (χ3v) is 1.56. The molecule has 5 heteroatoms. The van der Waals surface area contributed by atoms with Crippen LogP contribution in [0.1, 0.15) is 0 Å². The number of aromatic hydroxyl groups is 1. The van der Waals surface area contributed by atoms with Gasteiger partial charge in [-0.25, -0.2) is 8.78 Å². The first-order valence-electron chi connectivity index (χ1n) is 3.20. The summed E-state index contributed by atoms with van der Waals surface area (Å²) in [7, 11) is 0. The normalized spacial score (nSPS) is 10.8. The van der Waals surface area contributed by atoms with Crippen molar-refractivity contribution in [2.45, 2.75) is 0 Å². The Morgan fingerprint density at radius 2 is 2.08 bits per heavy atom. The lowest BCUT2D eigenvalue weighted by molar-refractivity contribution is 0.454. The topological polar surface area (TPSA) is 48.9 Å². The fourth-order valence-electron chi connectivity index (χ4n) is 1.06. The molecular formula is C7H4F2N2O. The summed E-state index contributed by atoms with van der Waals surface area (Å²) in [6.45, 7) is 0. The monoisotopic (exact) mass is 170 g/mol. The van der Waals surface area contributed by atoms with E-state index < -0.39 is 17.5 Å². The third kappa shape index (κ3) is 0.827. The molecule has 1 aromatic carbocycles. The van der Waals surface area contributed by atoms with Gasteiger partial charge >= 0.3 is 0 Å². The molecule has 2 rings (SSSR count). The quantitative estimate of drug-likeness (QED) is 0.630. The van der Waals surface area contributed by atoms with Gasteiger partial charge in [0.2, 0.25) is 5.88 Å². The van der Waals surface area contributed by atoms with Gasteiger partial charge in [-0.2, -0.15) is 0 Å². The van der Waals surface area contributed by atoms with Crippen LogP contribution in [0.25, 0.3) is 10.9 Å². The second-order valence-corrected chi connectivity index (χ2v) is 2.36. The lowest BCUT2D eigenvalue weighted by Gasteiger charge is -1.91. The minimum absolute atomic E-state index is 0.0867. The minimum atomic E-state index is -0.823. The molecule has 2 aromatic rings. The molecule has 1 heterocycles. The van der Waals surface area contributed by atoms with E-state index in [2.05, 4.69) is 10.2 Å². The van der Waals surface area contributed by atoms with Crippen LogP contribution in [0.4, 0.5) is 8.78 Å². The average molecular weight is 170 g/mol. The second-order valence-electron chi connectivity index (χ2n) is 2.36. The van der Waals surface area contributed by atoms with E-state index in [-0.39, 0.29) is 10.9 Å². The van der Waals surface area contributed by atoms with Crippen LogP contribution in [0.15, 0.2) is 12.1 Å². The summed E-state index contributed by atoms with van der Waals surface area (Å²) in [4.78, 5) is 0. The molecule has 0 saturated carbocycles. The Bertz CT molecular complexity index is 438. The molecule has 0 unspecified atom stereocenters. The molecule has 0 fully saturated rings. The van der Waals surface area contributed by atoms with Gasteiger partial charge in [-0.15, -0.1) is 5.10 Å². The van der Waals surface area contributed by atoms with E-state index >= 15 is 0 Å². The van der Waals surface area contributed by atoms with Gasteiger partial charge in [0.05, 0.1) is 10.9 Å². The van der Waals surface area contributed by atoms with Crippen LogP contribution >= 0.6 is 0 Å². The van der Waals surface area contributed by atoms with E-state index in [1.54, 1.807) is 0 Å². The number of fused-ring (bicyclic) bond motifs is 1. The lowest BCUT2D eigenvalue weighted by atomic mass is 10.2. The van der Waals surface area contributed by atoms with Crippen LogP contribution in [0.5, 0.6) is 5.88 Å². The molecule has 0 spiro atoms. The van der Waals surface area contributed by atoms with Gasteiger partial charge in [0, 0.05) is 6.07 Å². The van der Waals surface area contributed by atoms with Gasteiger partial charge in [0.25, 0.3) is 0 Å². The van der Waals surface area contributed by atoms with Gasteiger partial charge < -0.3 is 5.11 Å². The van der Waals surface area contributed by atoms with Gasteiger partial charge in [-0.1, -0.05) is 0 Å². The third-order valence-electron chi connectivity index (χ3n) is 1.56. The number of nitrogens with one attached hydrogen (secondary N) is 1. The first kappa shape index (κ1) is 7.02. The molecule has 1 aromatic heterocycles. The number of benzene rings is 1. The van der Waals surface area contributed by atoms with Gasteiger partial charge in [0.1, 0.15) is 11.6 Å². The van der Waals surface area contributed by atoms with Gasteiger partial charge in [-0.3, -0.25) is 5.10 Å². The Kier molecular flexibility index (Phi) is 1.27. The van der Waals surface area contributed by atoms with Crippen molar-refractivity contribution >= 4 is 10.9 Å². The van der Waals surface area contributed by atoms with Crippen LogP contribution in [0.3, 0.4) is 0 Å². The largest absolute Gasteiger partial charge is 0.492 e. The number of rotatable bonds is 0. The van der Waals surface area contributed by atoms with Crippen molar-refractivity contribution in [3.05, 3.63) is 23.8 Å². The number of aromatic nitrogens is 2. The maximum Gasteiger partial charge on any atom is 0.241 e. The molecule has 0 aliphatic carbocycles. The molecule has 62 valence electrons. The number of H-pyrrole nitrogens is 1. The SMILES string of the molecule is Oc1n[nH]c2cc(F)cc(F)c12. The Hall–Kier alpha value is -1.65. The minimum Gasteiger partial charge on any atom is -0.492 e. The second kappa shape index (κ2) is 2.17. The molecule has 3 nitrogen and oxygen atoms in total. The smallest absolute Gasteiger partial charge is 0.241 e. The van der Waals surface area contributed by atoms with Crippen molar-refractivity contribution < 1.29 is 13.9 Å². The highest BCUT2D eigenvalue weighted by molar-refractivity contribution is 5.84. The Morgan fingerprint density at radius 3 is 2.83 bits per heavy atom. The molecule has 0 atom stereocenters. The number of hydrogen-bond donors (Lipinski definition) is 2. The highest BCUT2D eigenvalue weighted by Gasteiger charge is 2.10. The summed E-state index contributed by atoms with van der Waals surface area (Å²) < 4.78 is 25.4. The van der Waals surface area contributed by atoms with Crippen molar-refractivity contribution in [1.29, 1.82) is 0 Å². The first-order valence-corrected chi connectivity index (χ1v) is 3.20. The zero-order valence-corrected chi connectivity index (χ0v) is 5.81. The maximum absolute atomic E-state index is 12.9. The summed E-state index contributed by atoms with van der Waals surface area (Å²) in [6.07, 6.45) is 0. The maximum atomic E-state index is 12.9. The predicted molar refractivity (Wildman–Crippen MR) is 37.7 cm³/mol. The van der Waals surface area contributed by atoms with E-state index in [1.807, 2.05) is 0 Å². The highest BCUT2D eigenvalue weighted by Crippen LogP contribution is 2.24. The molecular weight excluding hydrogens is 166 g/mol. The molecule has 0 amide bonds. The number of halogens is 2. The van der Waals surface area contributed by atoms with Crippen LogP contribution in [0.2, 0.25) is 0 Å². The molecule has 0 saturated heterocycles. The Balaban J connectivity index is 2.93. The summed E-state index contributed by atoms with van der Waals surface area (Å²) in [6, 6.07) is 1.75. The molecule has 0 aliphatic heterocycles. The van der Waals surface area contributed by atoms with Crippen molar-refractivity contribution in [3.63, 3.8) is 0 Å². The number of nitrogens with zero attached hydrogens (tertiary/aromatic N) is 1. The van der Waals surface area contributed by atoms with Gasteiger partial charge in [-0.05, 0) is 6.07 Å². The average Bonchev–Trinajstić information content (AvgIpc) is 2.31. The fourth-order valence-corrected chi connectivity index (χ4v) is 1.06. The van der Waals surface area contributed by atoms with Crippen LogP contribution in [-0.4, -0.2) is 15.3 Å². The molecule has 0 aliphatic rings. The summed E-state index contributed by atoms with van der Waals surface area (Å²) in [5.41, 5.74) is 0.144. The fraction of sp³-hybridized carbons (Fsp3) is 0. The van der Waals surface area contributed by atoms with E-state index in [1.165, 1.54) is 0 Å². The first-order chi connectivity index (χ1) is 5.68. The van der Waals surface area contributed by atoms with E-state index in [9.17, 15) is 8.78 Å². The lowest BCUT2D eigenvalue weighted by Crippen LogP contribution is -1.80. The van der Waals surface area contributed by atoms with Crippen LogP contribution in [0, 0.1) is 11.6 Å². The van der Waals surface area contributed by atoms with Crippen LogP contribution in [-0.2, 0) is 0 Å². The van der Waals surface area contributed by atoms with Crippen molar-refractivity contribution in [2.75, 3.05) is 0 Å². The zero-order valence-electron chi connectivity index (χ0n) is 5.81.